The van der Waals surface area contributed by atoms with Gasteiger partial charge in [-0.1, -0.05) is 17.7 Å². The van der Waals surface area contributed by atoms with E-state index in [-0.39, 0.29) is 12.1 Å². The minimum atomic E-state index is 0.165. The summed E-state index contributed by atoms with van der Waals surface area (Å²) in [4.78, 5) is 0. The number of ether oxygens (including phenoxy) is 2. The van der Waals surface area contributed by atoms with Gasteiger partial charge in [-0.2, -0.15) is 0 Å². The molecule has 2 rings (SSSR count). The predicted molar refractivity (Wildman–Crippen MR) is 64.2 cm³/mol. The van der Waals surface area contributed by atoms with Gasteiger partial charge in [0.05, 0.1) is 30.9 Å². The maximum absolute atomic E-state index is 6.10. The number of hydrogen-bond donors (Lipinski definition) is 1. The normalized spacial score (nSPS) is 25.4. The van der Waals surface area contributed by atoms with Crippen molar-refractivity contribution in [2.75, 3.05) is 20.3 Å². The lowest BCUT2D eigenvalue weighted by Gasteiger charge is -2.30. The SMILES string of the molecule is COc1ccc(C2NCCOC2C)cc1Cl. The van der Waals surface area contributed by atoms with E-state index in [0.29, 0.717) is 10.8 Å². The Bertz CT molecular complexity index is 370. The number of benzene rings is 1. The molecule has 0 aliphatic carbocycles. The van der Waals surface area contributed by atoms with Crippen LogP contribution >= 0.6 is 11.6 Å². The third-order valence-corrected chi connectivity index (χ3v) is 3.15. The average Bonchev–Trinajstić information content (AvgIpc) is 2.29. The Morgan fingerprint density at radius 1 is 1.50 bits per heavy atom. The third-order valence-electron chi connectivity index (χ3n) is 2.85. The van der Waals surface area contributed by atoms with Gasteiger partial charge in [-0.15, -0.1) is 0 Å². The largest absolute Gasteiger partial charge is 0.495 e. The van der Waals surface area contributed by atoms with Gasteiger partial charge in [-0.25, -0.2) is 0 Å². The molecule has 1 aliphatic heterocycles. The lowest BCUT2D eigenvalue weighted by molar-refractivity contribution is 0.00755. The van der Waals surface area contributed by atoms with Gasteiger partial charge in [0.2, 0.25) is 0 Å². The van der Waals surface area contributed by atoms with Crippen molar-refractivity contribution in [3.05, 3.63) is 28.8 Å². The topological polar surface area (TPSA) is 30.5 Å². The van der Waals surface area contributed by atoms with Crippen molar-refractivity contribution in [2.45, 2.75) is 19.1 Å². The first-order valence-corrected chi connectivity index (χ1v) is 5.78. The lowest BCUT2D eigenvalue weighted by atomic mass is 10.0. The van der Waals surface area contributed by atoms with Crippen LogP contribution in [0.5, 0.6) is 5.75 Å². The summed E-state index contributed by atoms with van der Waals surface area (Å²) >= 11 is 6.10. The van der Waals surface area contributed by atoms with Crippen LogP contribution in [0.2, 0.25) is 5.02 Å². The predicted octanol–water partition coefficient (Wildman–Crippen LogP) is 2.40. The van der Waals surface area contributed by atoms with Crippen molar-refractivity contribution in [3.63, 3.8) is 0 Å². The summed E-state index contributed by atoms with van der Waals surface area (Å²) < 4.78 is 10.7. The Balaban J connectivity index is 2.22. The molecular weight excluding hydrogens is 226 g/mol. The first-order valence-electron chi connectivity index (χ1n) is 5.41. The lowest BCUT2D eigenvalue weighted by Crippen LogP contribution is -2.40. The van der Waals surface area contributed by atoms with Gasteiger partial charge in [0, 0.05) is 6.54 Å². The van der Waals surface area contributed by atoms with Crippen molar-refractivity contribution >= 4 is 11.6 Å². The fourth-order valence-electron chi connectivity index (χ4n) is 1.99. The molecule has 1 N–H and O–H groups in total. The fraction of sp³-hybridized carbons (Fsp3) is 0.500. The highest BCUT2D eigenvalue weighted by molar-refractivity contribution is 6.32. The zero-order chi connectivity index (χ0) is 11.5. The van der Waals surface area contributed by atoms with E-state index >= 15 is 0 Å². The van der Waals surface area contributed by atoms with Crippen LogP contribution in [0.3, 0.4) is 0 Å². The van der Waals surface area contributed by atoms with E-state index in [1.54, 1.807) is 7.11 Å². The van der Waals surface area contributed by atoms with E-state index in [9.17, 15) is 0 Å². The Kier molecular flexibility index (Phi) is 3.69. The maximum atomic E-state index is 6.10. The summed E-state index contributed by atoms with van der Waals surface area (Å²) in [5.74, 6) is 0.704. The summed E-state index contributed by atoms with van der Waals surface area (Å²) in [6.45, 7) is 3.70. The molecule has 1 aromatic carbocycles. The van der Waals surface area contributed by atoms with Crippen LogP contribution in [0.25, 0.3) is 0 Å². The number of methoxy groups -OCH3 is 1. The van der Waals surface area contributed by atoms with Crippen LogP contribution in [0.1, 0.15) is 18.5 Å². The van der Waals surface area contributed by atoms with Crippen molar-refractivity contribution in [3.8, 4) is 5.75 Å². The second kappa shape index (κ2) is 5.04. The Morgan fingerprint density at radius 3 is 2.94 bits per heavy atom. The van der Waals surface area contributed by atoms with E-state index in [0.717, 1.165) is 18.7 Å². The van der Waals surface area contributed by atoms with E-state index in [4.69, 9.17) is 21.1 Å². The Morgan fingerprint density at radius 2 is 2.31 bits per heavy atom. The van der Waals surface area contributed by atoms with Crippen LogP contribution in [-0.2, 0) is 4.74 Å². The molecule has 1 aliphatic rings. The molecule has 1 fully saturated rings. The number of halogens is 1. The summed E-state index contributed by atoms with van der Waals surface area (Å²) in [6, 6.07) is 6.05. The molecular formula is C12H16ClNO2. The summed E-state index contributed by atoms with van der Waals surface area (Å²) in [7, 11) is 1.62. The van der Waals surface area contributed by atoms with E-state index in [1.807, 2.05) is 18.2 Å². The molecule has 16 heavy (non-hydrogen) atoms. The Labute approximate surface area is 101 Å². The van der Waals surface area contributed by atoms with Gasteiger partial charge in [-0.05, 0) is 24.6 Å². The van der Waals surface area contributed by atoms with Gasteiger partial charge in [-0.3, -0.25) is 0 Å². The van der Waals surface area contributed by atoms with Gasteiger partial charge in [0.15, 0.2) is 0 Å². The molecule has 88 valence electrons. The standard InChI is InChI=1S/C12H16ClNO2/c1-8-12(14-5-6-16-8)9-3-4-11(15-2)10(13)7-9/h3-4,7-8,12,14H,5-6H2,1-2H3. The molecule has 1 aromatic rings. The van der Waals surface area contributed by atoms with E-state index < -0.39 is 0 Å². The number of nitrogens with one attached hydrogen (secondary N) is 1. The van der Waals surface area contributed by atoms with Gasteiger partial charge >= 0.3 is 0 Å². The zero-order valence-electron chi connectivity index (χ0n) is 9.50. The van der Waals surface area contributed by atoms with Crippen molar-refractivity contribution in [1.29, 1.82) is 0 Å². The highest BCUT2D eigenvalue weighted by Crippen LogP contribution is 2.30. The van der Waals surface area contributed by atoms with Crippen molar-refractivity contribution in [1.82, 2.24) is 5.32 Å². The monoisotopic (exact) mass is 241 g/mol. The van der Waals surface area contributed by atoms with Crippen LogP contribution < -0.4 is 10.1 Å². The minimum Gasteiger partial charge on any atom is -0.495 e. The third kappa shape index (κ3) is 2.32. The molecule has 2 atom stereocenters. The number of hydrogen-bond acceptors (Lipinski definition) is 3. The second-order valence-electron chi connectivity index (χ2n) is 3.90. The zero-order valence-corrected chi connectivity index (χ0v) is 10.3. The summed E-state index contributed by atoms with van der Waals surface area (Å²) in [5.41, 5.74) is 1.14. The van der Waals surface area contributed by atoms with E-state index in [1.165, 1.54) is 0 Å². The second-order valence-corrected chi connectivity index (χ2v) is 4.31. The van der Waals surface area contributed by atoms with Crippen molar-refractivity contribution in [2.24, 2.45) is 0 Å². The van der Waals surface area contributed by atoms with Gasteiger partial charge in [0.25, 0.3) is 0 Å². The number of rotatable bonds is 2. The molecule has 1 heterocycles. The molecule has 4 heteroatoms. The Hall–Kier alpha value is -0.770. The average molecular weight is 242 g/mol. The molecule has 0 spiro atoms. The molecule has 0 saturated carbocycles. The van der Waals surface area contributed by atoms with Crippen LogP contribution in [0.15, 0.2) is 18.2 Å². The smallest absolute Gasteiger partial charge is 0.137 e. The highest BCUT2D eigenvalue weighted by atomic mass is 35.5. The van der Waals surface area contributed by atoms with Crippen molar-refractivity contribution < 1.29 is 9.47 Å². The van der Waals surface area contributed by atoms with Crippen LogP contribution in [0, 0.1) is 0 Å². The molecule has 0 aromatic heterocycles. The molecule has 3 nitrogen and oxygen atoms in total. The maximum Gasteiger partial charge on any atom is 0.137 e. The van der Waals surface area contributed by atoms with Crippen LogP contribution in [-0.4, -0.2) is 26.4 Å². The molecule has 0 radical (unpaired) electrons. The molecule has 2 unspecified atom stereocenters. The molecule has 0 bridgehead atoms. The minimum absolute atomic E-state index is 0.165. The first-order chi connectivity index (χ1) is 7.72. The summed E-state index contributed by atoms with van der Waals surface area (Å²) in [5, 5.41) is 4.06. The van der Waals surface area contributed by atoms with Gasteiger partial charge in [0.1, 0.15) is 5.75 Å². The van der Waals surface area contributed by atoms with Crippen LogP contribution in [0.4, 0.5) is 0 Å². The molecule has 1 saturated heterocycles. The highest BCUT2D eigenvalue weighted by Gasteiger charge is 2.23. The molecule has 0 amide bonds. The van der Waals surface area contributed by atoms with Gasteiger partial charge < -0.3 is 14.8 Å². The summed E-state index contributed by atoms with van der Waals surface area (Å²) in [6.07, 6.45) is 0.165. The van der Waals surface area contributed by atoms with E-state index in [2.05, 4.69) is 12.2 Å². The first kappa shape index (κ1) is 11.7. The fourth-order valence-corrected chi connectivity index (χ4v) is 2.25. The quantitative estimate of drug-likeness (QED) is 0.863. The number of morpholine rings is 1.